The van der Waals surface area contributed by atoms with Crippen LogP contribution in [-0.2, 0) is 10.0 Å². The minimum Gasteiger partial charge on any atom is -0.391 e. The Hall–Kier alpha value is -0.130. The van der Waals surface area contributed by atoms with Crippen molar-refractivity contribution in [2.45, 2.75) is 25.9 Å². The Labute approximate surface area is 85.0 Å². The lowest BCUT2D eigenvalue weighted by atomic mass is 10.2. The first kappa shape index (κ1) is 10.4. The van der Waals surface area contributed by atoms with Gasteiger partial charge in [0.2, 0.25) is 10.0 Å². The van der Waals surface area contributed by atoms with Gasteiger partial charge in [0.05, 0.1) is 11.9 Å². The number of hydrogen-bond donors (Lipinski definition) is 1. The lowest BCUT2D eigenvalue weighted by Gasteiger charge is -2.18. The second-order valence-electron chi connectivity index (χ2n) is 4.61. The van der Waals surface area contributed by atoms with Crippen LogP contribution in [0.3, 0.4) is 0 Å². The standard InChI is InChI=1S/C9H17NO3S/c1-7-4-10(14(12,13)6-7)5-9(11)8-2-3-8/h7-9,11H,2-6H2,1H3. The third-order valence-electron chi connectivity index (χ3n) is 2.96. The van der Waals surface area contributed by atoms with E-state index in [9.17, 15) is 13.5 Å². The van der Waals surface area contributed by atoms with Crippen LogP contribution in [0.25, 0.3) is 0 Å². The molecule has 5 heteroatoms. The third-order valence-corrected chi connectivity index (χ3v) is 5.04. The fourth-order valence-electron chi connectivity index (χ4n) is 2.01. The van der Waals surface area contributed by atoms with Crippen LogP contribution >= 0.6 is 0 Å². The lowest BCUT2D eigenvalue weighted by Crippen LogP contribution is -2.34. The summed E-state index contributed by atoms with van der Waals surface area (Å²) < 4.78 is 24.6. The first-order valence-electron chi connectivity index (χ1n) is 5.15. The van der Waals surface area contributed by atoms with Crippen molar-refractivity contribution in [3.63, 3.8) is 0 Å². The van der Waals surface area contributed by atoms with Crippen molar-refractivity contribution in [1.29, 1.82) is 0 Å². The molecule has 0 aromatic carbocycles. The van der Waals surface area contributed by atoms with Crippen LogP contribution in [0.15, 0.2) is 0 Å². The minimum absolute atomic E-state index is 0.200. The quantitative estimate of drug-likeness (QED) is 0.729. The van der Waals surface area contributed by atoms with Gasteiger partial charge in [-0.2, -0.15) is 4.31 Å². The zero-order chi connectivity index (χ0) is 10.3. The number of aliphatic hydroxyl groups is 1. The molecule has 1 aliphatic heterocycles. The van der Waals surface area contributed by atoms with Gasteiger partial charge < -0.3 is 5.11 Å². The molecule has 2 rings (SSSR count). The molecular formula is C9H17NO3S. The Morgan fingerprint density at radius 2 is 2.14 bits per heavy atom. The number of β-amino-alcohol motifs (C(OH)–C–C–N with tert-alkyl or cyclic N) is 1. The zero-order valence-corrected chi connectivity index (χ0v) is 9.20. The van der Waals surface area contributed by atoms with Crippen molar-refractivity contribution in [2.24, 2.45) is 11.8 Å². The van der Waals surface area contributed by atoms with Crippen LogP contribution in [0.5, 0.6) is 0 Å². The summed E-state index contributed by atoms with van der Waals surface area (Å²) in [6.07, 6.45) is 1.64. The Balaban J connectivity index is 1.96. The summed E-state index contributed by atoms with van der Waals surface area (Å²) >= 11 is 0. The van der Waals surface area contributed by atoms with Crippen molar-refractivity contribution >= 4 is 10.0 Å². The van der Waals surface area contributed by atoms with Gasteiger partial charge in [0.15, 0.2) is 0 Å². The van der Waals surface area contributed by atoms with E-state index in [-0.39, 0.29) is 11.7 Å². The molecule has 2 atom stereocenters. The van der Waals surface area contributed by atoms with Crippen LogP contribution in [0.4, 0.5) is 0 Å². The molecule has 82 valence electrons. The SMILES string of the molecule is CC1CN(CC(O)C2CC2)S(=O)(=O)C1. The highest BCUT2D eigenvalue weighted by molar-refractivity contribution is 7.89. The van der Waals surface area contributed by atoms with E-state index in [2.05, 4.69) is 0 Å². The van der Waals surface area contributed by atoms with E-state index in [1.165, 1.54) is 4.31 Å². The van der Waals surface area contributed by atoms with Crippen molar-refractivity contribution in [3.8, 4) is 0 Å². The van der Waals surface area contributed by atoms with Crippen LogP contribution < -0.4 is 0 Å². The number of sulfonamides is 1. The molecule has 0 aromatic rings. The van der Waals surface area contributed by atoms with E-state index in [1.54, 1.807) is 0 Å². The van der Waals surface area contributed by atoms with Gasteiger partial charge >= 0.3 is 0 Å². The molecule has 2 unspecified atom stereocenters. The molecule has 1 N–H and O–H groups in total. The van der Waals surface area contributed by atoms with Crippen molar-refractivity contribution < 1.29 is 13.5 Å². The Morgan fingerprint density at radius 1 is 1.50 bits per heavy atom. The zero-order valence-electron chi connectivity index (χ0n) is 8.39. The van der Waals surface area contributed by atoms with Gasteiger partial charge in [-0.3, -0.25) is 0 Å². The molecular weight excluding hydrogens is 202 g/mol. The van der Waals surface area contributed by atoms with Gasteiger partial charge in [-0.05, 0) is 24.7 Å². The predicted molar refractivity (Wildman–Crippen MR) is 53.3 cm³/mol. The normalized spacial score (nSPS) is 34.6. The molecule has 0 amide bonds. The van der Waals surface area contributed by atoms with Crippen molar-refractivity contribution in [2.75, 3.05) is 18.8 Å². The highest BCUT2D eigenvalue weighted by atomic mass is 32.2. The van der Waals surface area contributed by atoms with Crippen molar-refractivity contribution in [3.05, 3.63) is 0 Å². The molecule has 1 saturated carbocycles. The summed E-state index contributed by atoms with van der Waals surface area (Å²) in [5, 5.41) is 9.66. The average Bonchev–Trinajstić information content (AvgIpc) is 2.80. The molecule has 1 heterocycles. The second kappa shape index (κ2) is 3.47. The van der Waals surface area contributed by atoms with E-state index in [1.807, 2.05) is 6.92 Å². The first-order chi connectivity index (χ1) is 6.49. The van der Waals surface area contributed by atoms with Gasteiger partial charge in [-0.15, -0.1) is 0 Å². The average molecular weight is 219 g/mol. The molecule has 14 heavy (non-hydrogen) atoms. The summed E-state index contributed by atoms with van der Waals surface area (Å²) in [6, 6.07) is 0. The Bertz CT molecular complexity index is 310. The summed E-state index contributed by atoms with van der Waals surface area (Å²) in [4.78, 5) is 0. The maximum atomic E-state index is 11.6. The molecule has 4 nitrogen and oxygen atoms in total. The highest BCUT2D eigenvalue weighted by Crippen LogP contribution is 2.33. The first-order valence-corrected chi connectivity index (χ1v) is 6.76. The van der Waals surface area contributed by atoms with Crippen LogP contribution in [0, 0.1) is 11.8 Å². The smallest absolute Gasteiger partial charge is 0.214 e. The van der Waals surface area contributed by atoms with Crippen molar-refractivity contribution in [1.82, 2.24) is 4.31 Å². The molecule has 1 saturated heterocycles. The summed E-state index contributed by atoms with van der Waals surface area (Å²) in [5.74, 6) is 0.789. The molecule has 1 aliphatic carbocycles. The monoisotopic (exact) mass is 219 g/mol. The van der Waals surface area contributed by atoms with E-state index >= 15 is 0 Å². The number of aliphatic hydroxyl groups excluding tert-OH is 1. The fraction of sp³-hybridized carbons (Fsp3) is 1.00. The van der Waals surface area contributed by atoms with Gasteiger partial charge in [0, 0.05) is 13.1 Å². The van der Waals surface area contributed by atoms with Gasteiger partial charge in [0.25, 0.3) is 0 Å². The largest absolute Gasteiger partial charge is 0.391 e. The van der Waals surface area contributed by atoms with Crippen LogP contribution in [0.1, 0.15) is 19.8 Å². The number of nitrogens with zero attached hydrogens (tertiary/aromatic N) is 1. The van der Waals surface area contributed by atoms with Gasteiger partial charge in [0.1, 0.15) is 0 Å². The summed E-state index contributed by atoms with van der Waals surface area (Å²) in [6.45, 7) is 2.81. The van der Waals surface area contributed by atoms with Gasteiger partial charge in [-0.25, -0.2) is 8.42 Å². The minimum atomic E-state index is -3.06. The maximum absolute atomic E-state index is 11.6. The summed E-state index contributed by atoms with van der Waals surface area (Å²) in [5.41, 5.74) is 0. The van der Waals surface area contributed by atoms with E-state index in [0.29, 0.717) is 19.0 Å². The molecule has 0 aromatic heterocycles. The van der Waals surface area contributed by atoms with E-state index < -0.39 is 16.1 Å². The Kier molecular flexibility index (Phi) is 2.57. The Morgan fingerprint density at radius 3 is 2.57 bits per heavy atom. The second-order valence-corrected chi connectivity index (χ2v) is 6.62. The number of rotatable bonds is 3. The van der Waals surface area contributed by atoms with Gasteiger partial charge in [-0.1, -0.05) is 6.92 Å². The molecule has 0 bridgehead atoms. The summed E-state index contributed by atoms with van der Waals surface area (Å²) in [7, 11) is -3.06. The van der Waals surface area contributed by atoms with E-state index in [4.69, 9.17) is 0 Å². The molecule has 0 radical (unpaired) electrons. The highest BCUT2D eigenvalue weighted by Gasteiger charge is 2.38. The molecule has 0 spiro atoms. The maximum Gasteiger partial charge on any atom is 0.214 e. The number of hydrogen-bond acceptors (Lipinski definition) is 3. The van der Waals surface area contributed by atoms with Crippen LogP contribution in [-0.4, -0.2) is 42.8 Å². The fourth-order valence-corrected chi connectivity index (χ4v) is 3.90. The molecule has 2 aliphatic rings. The van der Waals surface area contributed by atoms with Crippen LogP contribution in [0.2, 0.25) is 0 Å². The predicted octanol–water partition coefficient (Wildman–Crippen LogP) is 0.0388. The van der Waals surface area contributed by atoms with E-state index in [0.717, 1.165) is 12.8 Å². The lowest BCUT2D eigenvalue weighted by molar-refractivity contribution is 0.125. The molecule has 2 fully saturated rings. The third kappa shape index (κ3) is 2.10. The topological polar surface area (TPSA) is 57.6 Å².